The summed E-state index contributed by atoms with van der Waals surface area (Å²) in [5.41, 5.74) is -1.63. The molecule has 0 aliphatic rings. The number of aryl methyl sites for hydroxylation is 1. The molecule has 0 radical (unpaired) electrons. The minimum atomic E-state index is -4.64. The van der Waals surface area contributed by atoms with Crippen LogP contribution in [0.15, 0.2) is 44.1 Å². The molecular formula is C15H10F3NO4. The molecule has 0 unspecified atom stereocenters. The molecule has 0 aliphatic carbocycles. The van der Waals surface area contributed by atoms with Crippen molar-refractivity contribution in [3.63, 3.8) is 0 Å². The zero-order chi connectivity index (χ0) is 16.6. The standard InChI is InChI=1S/C15H10F3NO4/c1-8-4-10(23-19-8)7-21-9-2-3-11-12(15(16,17)18)6-14(20)22-13(11)5-9/h2-6H,7H2,1H3. The first-order valence-corrected chi connectivity index (χ1v) is 6.53. The molecule has 3 aromatic rings. The van der Waals surface area contributed by atoms with Crippen LogP contribution in [0.25, 0.3) is 11.0 Å². The largest absolute Gasteiger partial charge is 0.485 e. The molecule has 120 valence electrons. The highest BCUT2D eigenvalue weighted by atomic mass is 19.4. The minimum Gasteiger partial charge on any atom is -0.485 e. The van der Waals surface area contributed by atoms with Gasteiger partial charge in [-0.25, -0.2) is 4.79 Å². The molecule has 2 heterocycles. The first-order valence-electron chi connectivity index (χ1n) is 6.53. The third-order valence-electron chi connectivity index (χ3n) is 3.08. The van der Waals surface area contributed by atoms with Gasteiger partial charge in [-0.15, -0.1) is 0 Å². The van der Waals surface area contributed by atoms with E-state index in [0.717, 1.165) is 0 Å². The van der Waals surface area contributed by atoms with Gasteiger partial charge in [-0.1, -0.05) is 5.16 Å². The van der Waals surface area contributed by atoms with Crippen molar-refractivity contribution in [2.45, 2.75) is 19.7 Å². The first-order chi connectivity index (χ1) is 10.8. The molecule has 8 heteroatoms. The fraction of sp³-hybridized carbons (Fsp3) is 0.200. The van der Waals surface area contributed by atoms with Crippen molar-refractivity contribution in [1.82, 2.24) is 5.16 Å². The molecule has 0 fully saturated rings. The Bertz CT molecular complexity index is 911. The molecule has 0 saturated carbocycles. The van der Waals surface area contributed by atoms with E-state index in [1.807, 2.05) is 0 Å². The summed E-state index contributed by atoms with van der Waals surface area (Å²) in [4.78, 5) is 11.3. The molecule has 1 aromatic carbocycles. The number of halogens is 3. The number of fused-ring (bicyclic) bond motifs is 1. The number of aromatic nitrogens is 1. The molecule has 0 saturated heterocycles. The van der Waals surface area contributed by atoms with Crippen LogP contribution in [0, 0.1) is 6.92 Å². The van der Waals surface area contributed by atoms with Gasteiger partial charge in [-0.3, -0.25) is 0 Å². The number of ether oxygens (including phenoxy) is 1. The van der Waals surface area contributed by atoms with Gasteiger partial charge in [0.15, 0.2) is 5.76 Å². The zero-order valence-corrected chi connectivity index (χ0v) is 11.8. The van der Waals surface area contributed by atoms with Crippen molar-refractivity contribution in [1.29, 1.82) is 0 Å². The Balaban J connectivity index is 1.94. The number of hydrogen-bond acceptors (Lipinski definition) is 5. The fourth-order valence-electron chi connectivity index (χ4n) is 2.11. The lowest BCUT2D eigenvalue weighted by Gasteiger charge is -2.10. The second-order valence-corrected chi connectivity index (χ2v) is 4.86. The molecule has 0 amide bonds. The average molecular weight is 325 g/mol. The Kier molecular flexibility index (Phi) is 3.59. The Morgan fingerprint density at radius 3 is 2.65 bits per heavy atom. The van der Waals surface area contributed by atoms with E-state index in [1.54, 1.807) is 13.0 Å². The van der Waals surface area contributed by atoms with E-state index < -0.39 is 17.4 Å². The summed E-state index contributed by atoms with van der Waals surface area (Å²) in [7, 11) is 0. The molecule has 23 heavy (non-hydrogen) atoms. The molecule has 5 nitrogen and oxygen atoms in total. The van der Waals surface area contributed by atoms with E-state index in [1.165, 1.54) is 18.2 Å². The van der Waals surface area contributed by atoms with E-state index in [9.17, 15) is 18.0 Å². The molecule has 0 aliphatic heterocycles. The molecule has 0 bridgehead atoms. The van der Waals surface area contributed by atoms with Crippen molar-refractivity contribution in [2.75, 3.05) is 0 Å². The lowest BCUT2D eigenvalue weighted by Crippen LogP contribution is -2.11. The SMILES string of the molecule is Cc1cc(COc2ccc3c(C(F)(F)F)cc(=O)oc3c2)on1. The van der Waals surface area contributed by atoms with Crippen LogP contribution in [0.5, 0.6) is 5.75 Å². The van der Waals surface area contributed by atoms with Gasteiger partial charge in [0.05, 0.1) is 11.3 Å². The highest BCUT2D eigenvalue weighted by molar-refractivity contribution is 5.82. The van der Waals surface area contributed by atoms with Crippen LogP contribution >= 0.6 is 0 Å². The normalized spacial score (nSPS) is 11.8. The Labute approximate surface area is 127 Å². The van der Waals surface area contributed by atoms with Crippen molar-refractivity contribution in [2.24, 2.45) is 0 Å². The maximum absolute atomic E-state index is 12.9. The van der Waals surface area contributed by atoms with Gasteiger partial charge in [0.25, 0.3) is 0 Å². The topological polar surface area (TPSA) is 65.5 Å². The molecule has 0 atom stereocenters. The van der Waals surface area contributed by atoms with Crippen LogP contribution in [0.3, 0.4) is 0 Å². The van der Waals surface area contributed by atoms with Crippen LogP contribution in [0.2, 0.25) is 0 Å². The average Bonchev–Trinajstić information content (AvgIpc) is 2.88. The van der Waals surface area contributed by atoms with Gasteiger partial charge >= 0.3 is 11.8 Å². The summed E-state index contributed by atoms with van der Waals surface area (Å²) in [6.07, 6.45) is -4.64. The maximum atomic E-state index is 12.9. The van der Waals surface area contributed by atoms with Gasteiger partial charge in [0.2, 0.25) is 0 Å². The van der Waals surface area contributed by atoms with Gasteiger partial charge in [-0.2, -0.15) is 13.2 Å². The minimum absolute atomic E-state index is 0.0511. The Hall–Kier alpha value is -2.77. The van der Waals surface area contributed by atoms with E-state index in [0.29, 0.717) is 17.5 Å². The van der Waals surface area contributed by atoms with Gasteiger partial charge in [0, 0.05) is 23.6 Å². The van der Waals surface area contributed by atoms with Crippen molar-refractivity contribution < 1.29 is 26.8 Å². The van der Waals surface area contributed by atoms with Crippen LogP contribution in [0.4, 0.5) is 13.2 Å². The number of alkyl halides is 3. The van der Waals surface area contributed by atoms with Crippen molar-refractivity contribution >= 4 is 11.0 Å². The molecule has 3 rings (SSSR count). The van der Waals surface area contributed by atoms with Crippen LogP contribution in [0.1, 0.15) is 17.0 Å². The molecular weight excluding hydrogens is 315 g/mol. The number of nitrogens with zero attached hydrogens (tertiary/aromatic N) is 1. The third-order valence-corrected chi connectivity index (χ3v) is 3.08. The predicted molar refractivity (Wildman–Crippen MR) is 73.1 cm³/mol. The number of rotatable bonds is 3. The Morgan fingerprint density at radius 2 is 2.00 bits per heavy atom. The zero-order valence-electron chi connectivity index (χ0n) is 11.8. The second kappa shape index (κ2) is 5.45. The maximum Gasteiger partial charge on any atom is 0.417 e. The van der Waals surface area contributed by atoms with Crippen molar-refractivity contribution in [3.8, 4) is 5.75 Å². The third kappa shape index (κ3) is 3.20. The first kappa shape index (κ1) is 15.1. The quantitative estimate of drug-likeness (QED) is 0.687. The van der Waals surface area contributed by atoms with Gasteiger partial charge in [-0.05, 0) is 19.1 Å². The highest BCUT2D eigenvalue weighted by Crippen LogP contribution is 2.34. The molecule has 0 spiro atoms. The summed E-state index contributed by atoms with van der Waals surface area (Å²) >= 11 is 0. The van der Waals surface area contributed by atoms with Crippen LogP contribution in [-0.4, -0.2) is 5.16 Å². The summed E-state index contributed by atoms with van der Waals surface area (Å²) < 4.78 is 54.0. The van der Waals surface area contributed by atoms with E-state index in [4.69, 9.17) is 13.7 Å². The number of benzene rings is 1. The van der Waals surface area contributed by atoms with Crippen molar-refractivity contribution in [3.05, 3.63) is 57.8 Å². The van der Waals surface area contributed by atoms with E-state index in [2.05, 4.69) is 5.16 Å². The highest BCUT2D eigenvalue weighted by Gasteiger charge is 2.33. The van der Waals surface area contributed by atoms with Gasteiger partial charge in [0.1, 0.15) is 17.9 Å². The molecule has 0 N–H and O–H groups in total. The Morgan fingerprint density at radius 1 is 1.22 bits per heavy atom. The summed E-state index contributed by atoms with van der Waals surface area (Å²) in [5, 5.41) is 3.48. The van der Waals surface area contributed by atoms with E-state index in [-0.39, 0.29) is 23.3 Å². The molecule has 2 aromatic heterocycles. The second-order valence-electron chi connectivity index (χ2n) is 4.86. The monoisotopic (exact) mass is 325 g/mol. The van der Waals surface area contributed by atoms with Crippen LogP contribution in [-0.2, 0) is 12.8 Å². The van der Waals surface area contributed by atoms with E-state index >= 15 is 0 Å². The summed E-state index contributed by atoms with van der Waals surface area (Å²) in [5.74, 6) is 0.710. The fourth-order valence-corrected chi connectivity index (χ4v) is 2.11. The van der Waals surface area contributed by atoms with Gasteiger partial charge < -0.3 is 13.7 Å². The van der Waals surface area contributed by atoms with Crippen LogP contribution < -0.4 is 10.4 Å². The predicted octanol–water partition coefficient (Wildman–Crippen LogP) is 3.69. The lowest BCUT2D eigenvalue weighted by molar-refractivity contribution is -0.136. The number of hydrogen-bond donors (Lipinski definition) is 0. The summed E-state index contributed by atoms with van der Waals surface area (Å²) in [6, 6.07) is 5.89. The smallest absolute Gasteiger partial charge is 0.417 e. The summed E-state index contributed by atoms with van der Waals surface area (Å²) in [6.45, 7) is 1.80. The lowest BCUT2D eigenvalue weighted by atomic mass is 10.1.